The van der Waals surface area contributed by atoms with Gasteiger partial charge in [0, 0.05) is 6.54 Å². The van der Waals surface area contributed by atoms with Crippen molar-refractivity contribution >= 4 is 15.7 Å². The van der Waals surface area contributed by atoms with Crippen molar-refractivity contribution in [1.29, 1.82) is 0 Å². The van der Waals surface area contributed by atoms with Crippen LogP contribution in [0.4, 0.5) is 0 Å². The molecule has 0 spiro atoms. The molecule has 1 aromatic rings. The fraction of sp³-hybridized carbons (Fsp3) is 0.562. The van der Waals surface area contributed by atoms with E-state index < -0.39 is 9.84 Å². The SMILES string of the molecule is CCS(=O)(=O)c1ccccc1C(=O)NCCC1CCCNC1. The second-order valence-electron chi connectivity index (χ2n) is 5.66. The second kappa shape index (κ2) is 7.74. The van der Waals surface area contributed by atoms with Gasteiger partial charge in [-0.15, -0.1) is 0 Å². The highest BCUT2D eigenvalue weighted by atomic mass is 32.2. The van der Waals surface area contributed by atoms with Gasteiger partial charge >= 0.3 is 0 Å². The molecule has 122 valence electrons. The van der Waals surface area contributed by atoms with Crippen LogP contribution < -0.4 is 10.6 Å². The van der Waals surface area contributed by atoms with Gasteiger partial charge in [0.15, 0.2) is 9.84 Å². The Balaban J connectivity index is 1.98. The van der Waals surface area contributed by atoms with Crippen molar-refractivity contribution in [2.75, 3.05) is 25.4 Å². The van der Waals surface area contributed by atoms with Crippen LogP contribution in [-0.2, 0) is 9.84 Å². The predicted octanol–water partition coefficient (Wildman–Crippen LogP) is 1.60. The Bertz CT molecular complexity index is 608. The first-order chi connectivity index (χ1) is 10.5. The minimum absolute atomic E-state index is 0.00889. The Morgan fingerprint density at radius 3 is 2.82 bits per heavy atom. The highest BCUT2D eigenvalue weighted by Crippen LogP contribution is 2.17. The number of sulfone groups is 1. The minimum atomic E-state index is -3.39. The highest BCUT2D eigenvalue weighted by Gasteiger charge is 2.20. The third-order valence-electron chi connectivity index (χ3n) is 4.08. The molecule has 2 N–H and O–H groups in total. The van der Waals surface area contributed by atoms with E-state index >= 15 is 0 Å². The molecule has 1 aliphatic heterocycles. The van der Waals surface area contributed by atoms with Crippen LogP contribution in [0.1, 0.15) is 36.5 Å². The standard InChI is InChI=1S/C16H24N2O3S/c1-2-22(20,21)15-8-4-3-7-14(15)16(19)18-11-9-13-6-5-10-17-12-13/h3-4,7-8,13,17H,2,5-6,9-12H2,1H3,(H,18,19). The zero-order chi connectivity index (χ0) is 16.0. The van der Waals surface area contributed by atoms with Crippen molar-refractivity contribution in [3.8, 4) is 0 Å². The zero-order valence-electron chi connectivity index (χ0n) is 13.0. The van der Waals surface area contributed by atoms with Gasteiger partial charge in [0.05, 0.1) is 16.2 Å². The molecule has 6 heteroatoms. The van der Waals surface area contributed by atoms with Gasteiger partial charge in [0.1, 0.15) is 0 Å². The number of rotatable bonds is 6. The summed E-state index contributed by atoms with van der Waals surface area (Å²) < 4.78 is 24.1. The molecule has 1 heterocycles. The van der Waals surface area contributed by atoms with Crippen LogP contribution >= 0.6 is 0 Å². The quantitative estimate of drug-likeness (QED) is 0.833. The van der Waals surface area contributed by atoms with Crippen LogP contribution in [0.5, 0.6) is 0 Å². The molecule has 1 aliphatic rings. The third kappa shape index (κ3) is 4.30. The van der Waals surface area contributed by atoms with E-state index in [4.69, 9.17) is 0 Å². The molecule has 1 atom stereocenters. The van der Waals surface area contributed by atoms with E-state index in [1.165, 1.54) is 18.9 Å². The van der Waals surface area contributed by atoms with Gasteiger partial charge in [-0.3, -0.25) is 4.79 Å². The smallest absolute Gasteiger partial charge is 0.252 e. The summed E-state index contributed by atoms with van der Waals surface area (Å²) in [6.07, 6.45) is 3.28. The summed E-state index contributed by atoms with van der Waals surface area (Å²) >= 11 is 0. The van der Waals surface area contributed by atoms with E-state index in [0.717, 1.165) is 19.5 Å². The lowest BCUT2D eigenvalue weighted by atomic mass is 9.96. The Hall–Kier alpha value is -1.40. The number of benzene rings is 1. The summed E-state index contributed by atoms with van der Waals surface area (Å²) in [5, 5.41) is 6.20. The van der Waals surface area contributed by atoms with Crippen LogP contribution in [0.2, 0.25) is 0 Å². The first-order valence-electron chi connectivity index (χ1n) is 7.85. The lowest BCUT2D eigenvalue weighted by Crippen LogP contribution is -2.33. The van der Waals surface area contributed by atoms with Crippen molar-refractivity contribution < 1.29 is 13.2 Å². The van der Waals surface area contributed by atoms with Crippen molar-refractivity contribution in [1.82, 2.24) is 10.6 Å². The fourth-order valence-corrected chi connectivity index (χ4v) is 3.83. The number of hydrogen-bond acceptors (Lipinski definition) is 4. The Morgan fingerprint density at radius 1 is 1.36 bits per heavy atom. The molecular weight excluding hydrogens is 300 g/mol. The molecule has 0 radical (unpaired) electrons. The molecule has 1 aromatic carbocycles. The summed E-state index contributed by atoms with van der Waals surface area (Å²) in [4.78, 5) is 12.4. The first kappa shape index (κ1) is 17.0. The van der Waals surface area contributed by atoms with Gasteiger partial charge in [-0.05, 0) is 50.4 Å². The molecule has 5 nitrogen and oxygen atoms in total. The van der Waals surface area contributed by atoms with Gasteiger partial charge in [-0.1, -0.05) is 19.1 Å². The zero-order valence-corrected chi connectivity index (χ0v) is 13.8. The van der Waals surface area contributed by atoms with Gasteiger partial charge in [0.2, 0.25) is 0 Å². The molecule has 22 heavy (non-hydrogen) atoms. The highest BCUT2D eigenvalue weighted by molar-refractivity contribution is 7.91. The van der Waals surface area contributed by atoms with Gasteiger partial charge in [-0.2, -0.15) is 0 Å². The number of hydrogen-bond donors (Lipinski definition) is 2. The summed E-state index contributed by atoms with van der Waals surface area (Å²) in [6.45, 7) is 4.23. The maximum Gasteiger partial charge on any atom is 0.252 e. The monoisotopic (exact) mass is 324 g/mol. The Morgan fingerprint density at radius 2 is 2.14 bits per heavy atom. The van der Waals surface area contributed by atoms with E-state index in [2.05, 4.69) is 10.6 Å². The second-order valence-corrected chi connectivity index (χ2v) is 7.90. The maximum atomic E-state index is 12.3. The summed E-state index contributed by atoms with van der Waals surface area (Å²) in [5.74, 6) is 0.269. The maximum absolute atomic E-state index is 12.3. The van der Waals surface area contributed by atoms with E-state index in [1.54, 1.807) is 25.1 Å². The largest absolute Gasteiger partial charge is 0.352 e. The topological polar surface area (TPSA) is 75.3 Å². The number of nitrogens with one attached hydrogen (secondary N) is 2. The molecule has 1 amide bonds. The predicted molar refractivity (Wildman–Crippen MR) is 86.7 cm³/mol. The number of piperidine rings is 1. The number of carbonyl (C=O) groups is 1. The van der Waals surface area contributed by atoms with Crippen molar-refractivity contribution in [3.63, 3.8) is 0 Å². The first-order valence-corrected chi connectivity index (χ1v) is 9.50. The minimum Gasteiger partial charge on any atom is -0.352 e. The van der Waals surface area contributed by atoms with Gasteiger partial charge < -0.3 is 10.6 Å². The average Bonchev–Trinajstić information content (AvgIpc) is 2.55. The third-order valence-corrected chi connectivity index (χ3v) is 5.87. The summed E-state index contributed by atoms with van der Waals surface area (Å²) in [5.41, 5.74) is 0.242. The Kier molecular flexibility index (Phi) is 5.97. The van der Waals surface area contributed by atoms with E-state index in [-0.39, 0.29) is 22.1 Å². The molecular formula is C16H24N2O3S. The molecule has 2 rings (SSSR count). The number of carbonyl (C=O) groups excluding carboxylic acids is 1. The molecule has 0 saturated carbocycles. The molecule has 0 bridgehead atoms. The van der Waals surface area contributed by atoms with Crippen LogP contribution in [0.3, 0.4) is 0 Å². The van der Waals surface area contributed by atoms with Gasteiger partial charge in [0.25, 0.3) is 5.91 Å². The van der Waals surface area contributed by atoms with Crippen LogP contribution in [0, 0.1) is 5.92 Å². The van der Waals surface area contributed by atoms with Crippen molar-refractivity contribution in [3.05, 3.63) is 29.8 Å². The van der Waals surface area contributed by atoms with E-state index in [1.807, 2.05) is 0 Å². The van der Waals surface area contributed by atoms with E-state index in [0.29, 0.717) is 12.5 Å². The van der Waals surface area contributed by atoms with Crippen LogP contribution in [0.25, 0.3) is 0 Å². The summed E-state index contributed by atoms with van der Waals surface area (Å²) in [6, 6.07) is 6.40. The van der Waals surface area contributed by atoms with E-state index in [9.17, 15) is 13.2 Å². The fourth-order valence-electron chi connectivity index (χ4n) is 2.74. The normalized spacial score (nSPS) is 18.9. The molecule has 1 saturated heterocycles. The van der Waals surface area contributed by atoms with Crippen molar-refractivity contribution in [2.45, 2.75) is 31.1 Å². The van der Waals surface area contributed by atoms with Crippen LogP contribution in [-0.4, -0.2) is 39.7 Å². The van der Waals surface area contributed by atoms with Crippen molar-refractivity contribution in [2.24, 2.45) is 5.92 Å². The lowest BCUT2D eigenvalue weighted by Gasteiger charge is -2.22. The molecule has 1 fully saturated rings. The molecule has 0 aromatic heterocycles. The molecule has 1 unspecified atom stereocenters. The number of amides is 1. The Labute approximate surface area is 132 Å². The summed E-state index contributed by atoms with van der Waals surface area (Å²) in [7, 11) is -3.39. The van der Waals surface area contributed by atoms with Gasteiger partial charge in [-0.25, -0.2) is 8.42 Å². The average molecular weight is 324 g/mol. The lowest BCUT2D eigenvalue weighted by molar-refractivity contribution is 0.0947. The molecule has 0 aliphatic carbocycles. The van der Waals surface area contributed by atoms with Crippen LogP contribution in [0.15, 0.2) is 29.2 Å².